The fraction of sp³-hybridized carbons (Fsp3) is 0. The predicted molar refractivity (Wildman–Crippen MR) is 70.1 cm³/mol. The molecule has 0 amide bonds. The van der Waals surface area contributed by atoms with Crippen molar-refractivity contribution < 1.29 is -3.75 Å². The summed E-state index contributed by atoms with van der Waals surface area (Å²) in [4.78, 5) is 0. The molecule has 0 nitrogen and oxygen atoms in total. The Balaban J connectivity index is 3.73. The molecule has 0 aliphatic rings. The minimum absolute atomic E-state index is 1.48. The van der Waals surface area contributed by atoms with E-state index in [9.17, 15) is 0 Å². The normalized spacial score (nSPS) is 19.2. The molecule has 45 valence electrons. The molecule has 0 fully saturated rings. The first-order valence-corrected chi connectivity index (χ1v) is 23.7. The van der Waals surface area contributed by atoms with E-state index in [0.717, 1.165) is 0 Å². The van der Waals surface area contributed by atoms with Gasteiger partial charge in [0.2, 0.25) is 0 Å². The van der Waals surface area contributed by atoms with Gasteiger partial charge in [-0.2, -0.15) is 0 Å². The summed E-state index contributed by atoms with van der Waals surface area (Å²) in [6.45, 7) is 0. The molecule has 0 bridgehead atoms. The molecule has 0 aromatic rings. The molecule has 0 saturated heterocycles. The van der Waals surface area contributed by atoms with Crippen LogP contribution >= 0.6 is 97.6 Å². The Morgan fingerprint density at radius 2 is 0.667 bits per heavy atom. The number of rotatable bonds is 0. The maximum absolute atomic E-state index is 2.52. The van der Waals surface area contributed by atoms with Crippen molar-refractivity contribution in [1.82, 2.24) is 0 Å². The summed E-state index contributed by atoms with van der Waals surface area (Å²) in [5.74, 6) is 0. The topological polar surface area (TPSA) is 0 Å². The quantitative estimate of drug-likeness (QED) is 0.255. The van der Waals surface area contributed by atoms with Crippen molar-refractivity contribution in [3.8, 4) is 0 Å². The molecule has 0 saturated carbocycles. The van der Waals surface area contributed by atoms with E-state index in [1.54, 1.807) is 0 Å². The van der Waals surface area contributed by atoms with Gasteiger partial charge in [-0.1, -0.05) is 0 Å². The van der Waals surface area contributed by atoms with Crippen molar-refractivity contribution in [2.45, 2.75) is 0 Å². The van der Waals surface area contributed by atoms with Gasteiger partial charge in [0.1, 0.15) is 0 Å². The van der Waals surface area contributed by atoms with Crippen LogP contribution in [-0.2, 0) is -3.75 Å². The Kier molecular flexibility index (Phi) is 5.40. The van der Waals surface area contributed by atoms with Gasteiger partial charge in [0.05, 0.1) is 0 Å². The molecular weight excluding hydrogens is 741 g/mol. The number of halogens is 5. The van der Waals surface area contributed by atoms with Gasteiger partial charge in [-0.15, -0.1) is 0 Å². The van der Waals surface area contributed by atoms with Crippen molar-refractivity contribution in [1.29, 1.82) is 0 Å². The van der Waals surface area contributed by atoms with Gasteiger partial charge in [-0.25, -0.2) is 0 Å². The second-order valence-electron chi connectivity index (χ2n) is 0.452. The predicted octanol–water partition coefficient (Wildman–Crippen LogP) is 4.43. The molecule has 0 atom stereocenters. The number of hydrogen-bond acceptors (Lipinski definition) is 0. The van der Waals surface area contributed by atoms with E-state index < -0.39 is -3.75 Å². The summed E-state index contributed by atoms with van der Waals surface area (Å²) >= 11 is 12.6. The van der Waals surface area contributed by atoms with Gasteiger partial charge in [0.15, 0.2) is 0 Å². The Bertz CT molecular complexity index is 37.1. The first kappa shape index (κ1) is 10.3. The number of hydrogen-bond donors (Lipinski definition) is 0. The van der Waals surface area contributed by atoms with Gasteiger partial charge in [-0.3, -0.25) is 0 Å². The second kappa shape index (κ2) is 3.14. The van der Waals surface area contributed by atoms with E-state index in [1.807, 2.05) is 0 Å². The first-order chi connectivity index (χ1) is 2.24. The molecule has 0 unspecified atom stereocenters. The van der Waals surface area contributed by atoms with Crippen LogP contribution in [0.2, 0.25) is 0 Å². The molecule has 6 heteroatoms. The van der Waals surface area contributed by atoms with E-state index in [2.05, 4.69) is 97.6 Å². The van der Waals surface area contributed by atoms with Crippen molar-refractivity contribution in [3.05, 3.63) is 0 Å². The standard InChI is InChI=1S/5HI.Pd/h5*1H;/q;;;;;+5/p-5. The van der Waals surface area contributed by atoms with Crippen LogP contribution in [0, 0.1) is 0 Å². The summed E-state index contributed by atoms with van der Waals surface area (Å²) in [6.07, 6.45) is 0. The van der Waals surface area contributed by atoms with E-state index in [4.69, 9.17) is 0 Å². The van der Waals surface area contributed by atoms with E-state index in [1.165, 1.54) is 0 Å². The van der Waals surface area contributed by atoms with Crippen LogP contribution in [0.1, 0.15) is 0 Å². The van der Waals surface area contributed by atoms with Gasteiger partial charge < -0.3 is 0 Å². The van der Waals surface area contributed by atoms with E-state index >= 15 is 0 Å². The fourth-order valence-electron chi connectivity index (χ4n) is 0. The Labute approximate surface area is 90.4 Å². The van der Waals surface area contributed by atoms with Crippen molar-refractivity contribution >= 4 is 97.6 Å². The van der Waals surface area contributed by atoms with Crippen LogP contribution in [0.4, 0.5) is 0 Å². The van der Waals surface area contributed by atoms with Gasteiger partial charge in [0, 0.05) is 0 Å². The van der Waals surface area contributed by atoms with Crippen molar-refractivity contribution in [3.63, 3.8) is 0 Å². The third-order valence-corrected chi connectivity index (χ3v) is 0. The molecular formula is I5Pd. The molecule has 0 aromatic heterocycles. The Morgan fingerprint density at radius 3 is 0.667 bits per heavy atom. The van der Waals surface area contributed by atoms with Crippen LogP contribution < -0.4 is 0 Å². The molecule has 0 radical (unpaired) electrons. The van der Waals surface area contributed by atoms with Crippen molar-refractivity contribution in [2.75, 3.05) is 0 Å². The third-order valence-electron chi connectivity index (χ3n) is 0. The summed E-state index contributed by atoms with van der Waals surface area (Å²) in [5.41, 5.74) is 0. The van der Waals surface area contributed by atoms with E-state index in [-0.39, 0.29) is 0 Å². The summed E-state index contributed by atoms with van der Waals surface area (Å²) < 4.78 is -1.48. The molecule has 0 spiro atoms. The SMILES string of the molecule is [I][Pd]([I])([I])([I])[I]. The summed E-state index contributed by atoms with van der Waals surface area (Å²) in [5, 5.41) is 0. The second-order valence-corrected chi connectivity index (χ2v) is 120. The first-order valence-electron chi connectivity index (χ1n) is 0.598. The zero-order valence-corrected chi connectivity index (χ0v) is 14.5. The van der Waals surface area contributed by atoms with Crippen LogP contribution in [0.25, 0.3) is 0 Å². The average molecular weight is 741 g/mol. The average Bonchev–Trinajstić information content (AvgIpc) is 0.650. The van der Waals surface area contributed by atoms with Crippen LogP contribution in [0.3, 0.4) is 0 Å². The van der Waals surface area contributed by atoms with Crippen LogP contribution in [-0.4, -0.2) is 0 Å². The molecule has 0 aliphatic carbocycles. The van der Waals surface area contributed by atoms with Gasteiger partial charge in [0.25, 0.3) is 0 Å². The Morgan fingerprint density at radius 1 is 0.667 bits per heavy atom. The minimum atomic E-state index is -1.48. The summed E-state index contributed by atoms with van der Waals surface area (Å²) in [6, 6.07) is 0. The van der Waals surface area contributed by atoms with Crippen molar-refractivity contribution in [2.24, 2.45) is 0 Å². The van der Waals surface area contributed by atoms with Gasteiger partial charge >= 0.3 is 93.8 Å². The molecule has 0 rings (SSSR count). The monoisotopic (exact) mass is 740 g/mol. The molecule has 0 aliphatic heterocycles. The van der Waals surface area contributed by atoms with Crippen LogP contribution in [0.5, 0.6) is 0 Å². The maximum atomic E-state index is 2.52. The Hall–Kier alpha value is 4.31. The molecule has 0 aromatic carbocycles. The zero-order valence-electron chi connectivity index (χ0n) is 2.21. The molecule has 6 heavy (non-hydrogen) atoms. The van der Waals surface area contributed by atoms with E-state index in [0.29, 0.717) is 0 Å². The molecule has 0 heterocycles. The zero-order chi connectivity index (χ0) is 5.45. The van der Waals surface area contributed by atoms with Gasteiger partial charge in [-0.05, 0) is 0 Å². The fourth-order valence-corrected chi connectivity index (χ4v) is 0. The van der Waals surface area contributed by atoms with Crippen LogP contribution in [0.15, 0.2) is 0 Å². The summed E-state index contributed by atoms with van der Waals surface area (Å²) in [7, 11) is 0. The third kappa shape index (κ3) is 23.9. The molecule has 0 N–H and O–H groups in total.